The number of nitrogens with one attached hydrogen (secondary N) is 1. The van der Waals surface area contributed by atoms with Crippen LogP contribution >= 0.6 is 11.8 Å². The molecule has 8 nitrogen and oxygen atoms in total. The van der Waals surface area contributed by atoms with Crippen molar-refractivity contribution in [2.75, 3.05) is 11.1 Å². The van der Waals surface area contributed by atoms with Crippen molar-refractivity contribution in [1.29, 1.82) is 0 Å². The third kappa shape index (κ3) is 3.72. The van der Waals surface area contributed by atoms with Crippen molar-refractivity contribution in [3.05, 3.63) is 61.0 Å². The first-order valence-corrected chi connectivity index (χ1v) is 8.82. The van der Waals surface area contributed by atoms with Crippen molar-refractivity contribution in [1.82, 2.24) is 25.0 Å². The van der Waals surface area contributed by atoms with Gasteiger partial charge in [-0.25, -0.2) is 9.67 Å². The van der Waals surface area contributed by atoms with Gasteiger partial charge >= 0.3 is 0 Å². The fourth-order valence-corrected chi connectivity index (χ4v) is 3.04. The van der Waals surface area contributed by atoms with Crippen LogP contribution in [0.4, 0.5) is 5.69 Å². The maximum Gasteiger partial charge on any atom is 0.277 e. The van der Waals surface area contributed by atoms with Gasteiger partial charge in [0.1, 0.15) is 19.2 Å². The Morgan fingerprint density at radius 2 is 2.04 bits per heavy atom. The molecule has 2 aromatic heterocycles. The Labute approximate surface area is 152 Å². The molecule has 0 unspecified atom stereocenters. The highest BCUT2D eigenvalue weighted by Gasteiger charge is 2.11. The fraction of sp³-hybridized carbons (Fsp3) is 0.118. The van der Waals surface area contributed by atoms with Crippen LogP contribution in [-0.2, 0) is 11.3 Å². The van der Waals surface area contributed by atoms with Crippen LogP contribution in [0, 0.1) is 0 Å². The van der Waals surface area contributed by atoms with Crippen LogP contribution in [0.15, 0.2) is 64.8 Å². The molecule has 130 valence electrons. The molecule has 1 N–H and O–H groups in total. The standard InChI is InChI=1S/C17H14N6O2S/c24-15(20-14-7-3-5-12-4-1-2-6-13(12)14)9-26-17-22-21-16(25-17)8-23-11-18-10-19-23/h1-7,10-11H,8-9H2,(H,20,24). The number of aromatic nitrogens is 5. The number of nitrogens with zero attached hydrogens (tertiary/aromatic N) is 5. The zero-order chi connectivity index (χ0) is 17.8. The number of anilines is 1. The lowest BCUT2D eigenvalue weighted by Gasteiger charge is -2.07. The van der Waals surface area contributed by atoms with Gasteiger partial charge in [-0.1, -0.05) is 48.2 Å². The van der Waals surface area contributed by atoms with E-state index in [-0.39, 0.29) is 11.7 Å². The van der Waals surface area contributed by atoms with Crippen molar-refractivity contribution in [2.24, 2.45) is 0 Å². The molecule has 1 amide bonds. The summed E-state index contributed by atoms with van der Waals surface area (Å²) in [4.78, 5) is 16.1. The molecular formula is C17H14N6O2S. The van der Waals surface area contributed by atoms with Crippen molar-refractivity contribution in [3.8, 4) is 0 Å². The van der Waals surface area contributed by atoms with Crippen LogP contribution < -0.4 is 5.32 Å². The zero-order valence-corrected chi connectivity index (χ0v) is 14.4. The van der Waals surface area contributed by atoms with Crippen LogP contribution in [0.5, 0.6) is 0 Å². The van der Waals surface area contributed by atoms with E-state index in [1.807, 2.05) is 42.5 Å². The van der Waals surface area contributed by atoms with Gasteiger partial charge in [0.05, 0.1) is 5.75 Å². The summed E-state index contributed by atoms with van der Waals surface area (Å²) < 4.78 is 7.08. The van der Waals surface area contributed by atoms with Gasteiger partial charge in [0.15, 0.2) is 0 Å². The van der Waals surface area contributed by atoms with Crippen molar-refractivity contribution < 1.29 is 9.21 Å². The average Bonchev–Trinajstić information content (AvgIpc) is 3.33. The minimum atomic E-state index is -0.137. The fourth-order valence-electron chi connectivity index (χ4n) is 2.46. The van der Waals surface area contributed by atoms with Gasteiger partial charge in [-0.15, -0.1) is 10.2 Å². The molecule has 0 aliphatic carbocycles. The minimum absolute atomic E-state index is 0.137. The Morgan fingerprint density at radius 1 is 1.15 bits per heavy atom. The molecule has 2 heterocycles. The van der Waals surface area contributed by atoms with Gasteiger partial charge in [-0.3, -0.25) is 4.79 Å². The number of hydrogen-bond acceptors (Lipinski definition) is 7. The maximum atomic E-state index is 12.2. The van der Waals surface area contributed by atoms with E-state index in [9.17, 15) is 4.79 Å². The van der Waals surface area contributed by atoms with Crippen molar-refractivity contribution in [2.45, 2.75) is 11.8 Å². The van der Waals surface area contributed by atoms with Crippen LogP contribution in [-0.4, -0.2) is 36.6 Å². The summed E-state index contributed by atoms with van der Waals surface area (Å²) in [6, 6.07) is 13.7. The predicted molar refractivity (Wildman–Crippen MR) is 96.7 cm³/mol. The number of amides is 1. The molecule has 0 atom stereocenters. The first kappa shape index (κ1) is 16.3. The van der Waals surface area contributed by atoms with E-state index in [1.165, 1.54) is 18.1 Å². The molecule has 0 radical (unpaired) electrons. The van der Waals surface area contributed by atoms with Gasteiger partial charge in [0.25, 0.3) is 5.22 Å². The molecule has 2 aromatic carbocycles. The molecule has 0 saturated heterocycles. The van der Waals surface area contributed by atoms with Crippen LogP contribution in [0.2, 0.25) is 0 Å². The largest absolute Gasteiger partial charge is 0.414 e. The second-order valence-corrected chi connectivity index (χ2v) is 6.34. The van der Waals surface area contributed by atoms with Gasteiger partial charge in [0, 0.05) is 11.1 Å². The van der Waals surface area contributed by atoms with Gasteiger partial charge in [-0.2, -0.15) is 5.10 Å². The lowest BCUT2D eigenvalue weighted by molar-refractivity contribution is -0.113. The Bertz CT molecular complexity index is 1030. The first-order chi connectivity index (χ1) is 12.8. The number of benzene rings is 2. The molecule has 0 spiro atoms. The third-order valence-electron chi connectivity index (χ3n) is 3.60. The molecule has 4 rings (SSSR count). The van der Waals surface area contributed by atoms with E-state index in [0.29, 0.717) is 17.7 Å². The van der Waals surface area contributed by atoms with Crippen LogP contribution in [0.3, 0.4) is 0 Å². The first-order valence-electron chi connectivity index (χ1n) is 7.83. The quantitative estimate of drug-likeness (QED) is 0.524. The summed E-state index contributed by atoms with van der Waals surface area (Å²) in [7, 11) is 0. The van der Waals surface area contributed by atoms with E-state index < -0.39 is 0 Å². The third-order valence-corrected chi connectivity index (χ3v) is 4.42. The Balaban J connectivity index is 1.36. The predicted octanol–water partition coefficient (Wildman–Crippen LogP) is 2.59. The SMILES string of the molecule is O=C(CSc1nnc(Cn2cncn2)o1)Nc1cccc2ccccc12. The molecule has 4 aromatic rings. The summed E-state index contributed by atoms with van der Waals surface area (Å²) in [5.74, 6) is 0.448. The summed E-state index contributed by atoms with van der Waals surface area (Å²) >= 11 is 1.19. The molecule has 0 aliphatic rings. The Morgan fingerprint density at radius 3 is 2.92 bits per heavy atom. The second kappa shape index (κ2) is 7.36. The molecule has 0 saturated carbocycles. The smallest absolute Gasteiger partial charge is 0.277 e. The van der Waals surface area contributed by atoms with E-state index >= 15 is 0 Å². The summed E-state index contributed by atoms with van der Waals surface area (Å²) in [5, 5.41) is 17.2. The highest BCUT2D eigenvalue weighted by atomic mass is 32.2. The number of hydrogen-bond donors (Lipinski definition) is 1. The zero-order valence-electron chi connectivity index (χ0n) is 13.6. The van der Waals surface area contributed by atoms with Crippen molar-refractivity contribution >= 4 is 34.1 Å². The molecule has 0 fully saturated rings. The summed E-state index contributed by atoms with van der Waals surface area (Å²) in [5.41, 5.74) is 0.783. The van der Waals surface area contributed by atoms with Gasteiger partial charge in [-0.05, 0) is 11.5 Å². The van der Waals surface area contributed by atoms with E-state index in [0.717, 1.165) is 16.5 Å². The maximum absolute atomic E-state index is 12.2. The minimum Gasteiger partial charge on any atom is -0.414 e. The van der Waals surface area contributed by atoms with Crippen LogP contribution in [0.1, 0.15) is 5.89 Å². The molecule has 0 bridgehead atoms. The lowest BCUT2D eigenvalue weighted by atomic mass is 10.1. The van der Waals surface area contributed by atoms with E-state index in [1.54, 1.807) is 11.0 Å². The second-order valence-electron chi connectivity index (χ2n) is 5.42. The van der Waals surface area contributed by atoms with Crippen molar-refractivity contribution in [3.63, 3.8) is 0 Å². The monoisotopic (exact) mass is 366 g/mol. The number of carbonyl (C=O) groups excluding carboxylic acids is 1. The summed E-state index contributed by atoms with van der Waals surface area (Å²) in [6.07, 6.45) is 3.00. The topological polar surface area (TPSA) is 98.7 Å². The molecule has 26 heavy (non-hydrogen) atoms. The van der Waals surface area contributed by atoms with Crippen LogP contribution in [0.25, 0.3) is 10.8 Å². The number of fused-ring (bicyclic) bond motifs is 1. The van der Waals surface area contributed by atoms with Gasteiger partial charge in [0.2, 0.25) is 11.8 Å². The average molecular weight is 366 g/mol. The van der Waals surface area contributed by atoms with E-state index in [2.05, 4.69) is 25.6 Å². The number of thioether (sulfide) groups is 1. The van der Waals surface area contributed by atoms with E-state index in [4.69, 9.17) is 4.42 Å². The lowest BCUT2D eigenvalue weighted by Crippen LogP contribution is -2.14. The van der Waals surface area contributed by atoms with Gasteiger partial charge < -0.3 is 9.73 Å². The highest BCUT2D eigenvalue weighted by Crippen LogP contribution is 2.23. The summed E-state index contributed by atoms with van der Waals surface area (Å²) in [6.45, 7) is 0.343. The molecule has 0 aliphatic heterocycles. The molecular weight excluding hydrogens is 352 g/mol. The number of rotatable bonds is 6. The highest BCUT2D eigenvalue weighted by molar-refractivity contribution is 7.99. The normalized spacial score (nSPS) is 10.9. The molecule has 9 heteroatoms. The Hall–Kier alpha value is -3.20. The number of carbonyl (C=O) groups is 1. The Kier molecular flexibility index (Phi) is 4.61.